The Labute approximate surface area is 242 Å². The van der Waals surface area contributed by atoms with Gasteiger partial charge >= 0.3 is 0 Å². The van der Waals surface area contributed by atoms with Crippen molar-refractivity contribution in [1.29, 1.82) is 0 Å². The molecule has 3 aromatic carbocycles. The Bertz CT molecular complexity index is 1660. The van der Waals surface area contributed by atoms with Gasteiger partial charge in [0, 0.05) is 17.2 Å². The number of carbonyl (C=O) groups excluding carboxylic acids is 2. The summed E-state index contributed by atoms with van der Waals surface area (Å²) in [5.41, 5.74) is 6.62. The van der Waals surface area contributed by atoms with E-state index in [0.717, 1.165) is 52.0 Å². The van der Waals surface area contributed by atoms with Crippen LogP contribution in [-0.4, -0.2) is 46.7 Å². The summed E-state index contributed by atoms with van der Waals surface area (Å²) >= 11 is 1.54. The van der Waals surface area contributed by atoms with Crippen LogP contribution in [0.15, 0.2) is 66.7 Å². The number of nitrogens with one attached hydrogen (secondary N) is 1. The zero-order valence-electron chi connectivity index (χ0n) is 22.9. The monoisotopic (exact) mass is 566 g/mol. The Kier molecular flexibility index (Phi) is 6.46. The van der Waals surface area contributed by atoms with Gasteiger partial charge in [-0.3, -0.25) is 14.5 Å². The molecule has 1 aromatic heterocycles. The van der Waals surface area contributed by atoms with Crippen LogP contribution in [0.1, 0.15) is 40.3 Å². The average Bonchev–Trinajstić information content (AvgIpc) is 3.55. The number of thioether (sulfide) groups is 1. The van der Waals surface area contributed by atoms with E-state index in [1.54, 1.807) is 16.7 Å². The molecule has 1 fully saturated rings. The lowest BCUT2D eigenvalue weighted by Gasteiger charge is -2.24. The Morgan fingerprint density at radius 1 is 1.02 bits per heavy atom. The molecule has 41 heavy (non-hydrogen) atoms. The summed E-state index contributed by atoms with van der Waals surface area (Å²) in [7, 11) is 0. The number of amides is 2. The highest BCUT2D eigenvalue weighted by molar-refractivity contribution is 8.00. The van der Waals surface area contributed by atoms with Crippen LogP contribution in [0, 0.1) is 13.8 Å². The van der Waals surface area contributed by atoms with Crippen molar-refractivity contribution in [2.45, 2.75) is 38.0 Å². The maximum absolute atomic E-state index is 13.9. The number of aromatic nitrogens is 2. The Morgan fingerprint density at radius 3 is 2.61 bits per heavy atom. The molecule has 1 aliphatic carbocycles. The van der Waals surface area contributed by atoms with Crippen LogP contribution in [0.4, 0.5) is 5.82 Å². The van der Waals surface area contributed by atoms with Crippen molar-refractivity contribution in [3.05, 3.63) is 89.0 Å². The summed E-state index contributed by atoms with van der Waals surface area (Å²) < 4.78 is 13.2. The van der Waals surface area contributed by atoms with Gasteiger partial charge in [0.2, 0.25) is 18.6 Å². The maximum atomic E-state index is 13.9. The standard InChI is InChI=1S/C32H30N4O4S/c1-19-8-12-24(20(2)14-19)36-32-29(30(34-36)21-6-4-3-5-7-21)31(22-9-13-25-26(15-22)40-18-39-25)41-17-28(38)35(32)16-27(37)33-23-10-11-23/h3-9,12-15,23,31H,10-11,16-18H2,1-2H3,(H,33,37). The topological polar surface area (TPSA) is 85.7 Å². The number of hydrogen-bond donors (Lipinski definition) is 1. The second kappa shape index (κ2) is 10.3. The highest BCUT2D eigenvalue weighted by Gasteiger charge is 2.39. The number of rotatable bonds is 6. The summed E-state index contributed by atoms with van der Waals surface area (Å²) in [5, 5.41) is 8.02. The maximum Gasteiger partial charge on any atom is 0.240 e. The van der Waals surface area contributed by atoms with Gasteiger partial charge in [-0.25, -0.2) is 4.68 Å². The first-order valence-electron chi connectivity index (χ1n) is 13.8. The van der Waals surface area contributed by atoms with Crippen molar-refractivity contribution in [1.82, 2.24) is 15.1 Å². The van der Waals surface area contributed by atoms with E-state index in [1.807, 2.05) is 72.3 Å². The smallest absolute Gasteiger partial charge is 0.240 e. The molecule has 8 nitrogen and oxygen atoms in total. The van der Waals surface area contributed by atoms with Crippen molar-refractivity contribution < 1.29 is 19.1 Å². The van der Waals surface area contributed by atoms with Crippen molar-refractivity contribution in [2.75, 3.05) is 24.0 Å². The first-order chi connectivity index (χ1) is 20.0. The van der Waals surface area contributed by atoms with Gasteiger partial charge in [0.15, 0.2) is 11.5 Å². The number of benzene rings is 3. The molecule has 1 atom stereocenters. The number of anilines is 1. The van der Waals surface area contributed by atoms with E-state index in [9.17, 15) is 9.59 Å². The predicted octanol–water partition coefficient (Wildman–Crippen LogP) is 5.33. The fourth-order valence-electron chi connectivity index (χ4n) is 5.52. The Hall–Kier alpha value is -4.24. The molecule has 1 saturated carbocycles. The third-order valence-corrected chi connectivity index (χ3v) is 8.92. The van der Waals surface area contributed by atoms with E-state index >= 15 is 0 Å². The molecule has 1 N–H and O–H groups in total. The van der Waals surface area contributed by atoms with Crippen molar-refractivity contribution in [3.8, 4) is 28.4 Å². The molecule has 0 bridgehead atoms. The first-order valence-corrected chi connectivity index (χ1v) is 14.9. The predicted molar refractivity (Wildman–Crippen MR) is 159 cm³/mol. The lowest BCUT2D eigenvalue weighted by atomic mass is 9.99. The third kappa shape index (κ3) is 4.84. The zero-order chi connectivity index (χ0) is 28.1. The van der Waals surface area contributed by atoms with Gasteiger partial charge < -0.3 is 14.8 Å². The molecule has 4 aromatic rings. The largest absolute Gasteiger partial charge is 0.454 e. The molecule has 7 rings (SSSR count). The molecule has 9 heteroatoms. The lowest BCUT2D eigenvalue weighted by Crippen LogP contribution is -2.43. The van der Waals surface area contributed by atoms with Gasteiger partial charge in [0.25, 0.3) is 0 Å². The molecule has 3 aliphatic rings. The van der Waals surface area contributed by atoms with Crippen LogP contribution in [0.2, 0.25) is 0 Å². The third-order valence-electron chi connectivity index (χ3n) is 7.66. The van der Waals surface area contributed by atoms with Gasteiger partial charge in [-0.2, -0.15) is 5.10 Å². The van der Waals surface area contributed by atoms with Gasteiger partial charge in [0.1, 0.15) is 12.4 Å². The van der Waals surface area contributed by atoms with E-state index in [-0.39, 0.29) is 42.2 Å². The molecule has 2 amide bonds. The van der Waals surface area contributed by atoms with Crippen LogP contribution < -0.4 is 19.7 Å². The minimum absolute atomic E-state index is 0.0679. The van der Waals surface area contributed by atoms with E-state index in [1.165, 1.54) is 0 Å². The highest BCUT2D eigenvalue weighted by Crippen LogP contribution is 2.50. The number of hydrogen-bond acceptors (Lipinski definition) is 6. The van der Waals surface area contributed by atoms with E-state index < -0.39 is 0 Å². The molecule has 1 unspecified atom stereocenters. The second-order valence-corrected chi connectivity index (χ2v) is 11.9. The minimum atomic E-state index is -0.241. The normalized spacial score (nSPS) is 17.8. The first kappa shape index (κ1) is 25.7. The molecule has 0 spiro atoms. The van der Waals surface area contributed by atoms with Crippen molar-refractivity contribution >= 4 is 29.4 Å². The number of ether oxygens (including phenoxy) is 2. The van der Waals surface area contributed by atoms with Crippen molar-refractivity contribution in [3.63, 3.8) is 0 Å². The molecule has 3 heterocycles. The van der Waals surface area contributed by atoms with Crippen LogP contribution in [0.25, 0.3) is 16.9 Å². The quantitative estimate of drug-likeness (QED) is 0.340. The van der Waals surface area contributed by atoms with E-state index in [2.05, 4.69) is 18.3 Å². The fraction of sp³-hybridized carbons (Fsp3) is 0.281. The van der Waals surface area contributed by atoms with E-state index in [4.69, 9.17) is 14.6 Å². The molecular weight excluding hydrogens is 536 g/mol. The molecule has 0 saturated heterocycles. The lowest BCUT2D eigenvalue weighted by molar-refractivity contribution is -0.123. The molecule has 2 aliphatic heterocycles. The van der Waals surface area contributed by atoms with Crippen LogP contribution in [-0.2, 0) is 9.59 Å². The van der Waals surface area contributed by atoms with Crippen LogP contribution >= 0.6 is 11.8 Å². The van der Waals surface area contributed by atoms with Gasteiger partial charge in [-0.1, -0.05) is 54.1 Å². The molecule has 208 valence electrons. The number of aryl methyl sites for hydroxylation is 2. The van der Waals surface area contributed by atoms with Crippen LogP contribution in [0.5, 0.6) is 11.5 Å². The Morgan fingerprint density at radius 2 is 1.83 bits per heavy atom. The van der Waals surface area contributed by atoms with Gasteiger partial charge in [-0.05, 0) is 56.0 Å². The van der Waals surface area contributed by atoms with Crippen molar-refractivity contribution in [2.24, 2.45) is 0 Å². The minimum Gasteiger partial charge on any atom is -0.454 e. The zero-order valence-corrected chi connectivity index (χ0v) is 23.7. The number of fused-ring (bicyclic) bond motifs is 2. The summed E-state index contributed by atoms with van der Waals surface area (Å²) in [4.78, 5) is 28.7. The molecule has 0 radical (unpaired) electrons. The van der Waals surface area contributed by atoms with Gasteiger partial charge in [-0.15, -0.1) is 11.8 Å². The summed E-state index contributed by atoms with van der Waals surface area (Å²) in [6.07, 6.45) is 1.96. The van der Waals surface area contributed by atoms with E-state index in [0.29, 0.717) is 17.3 Å². The second-order valence-electron chi connectivity index (χ2n) is 10.8. The highest BCUT2D eigenvalue weighted by atomic mass is 32.2. The summed E-state index contributed by atoms with van der Waals surface area (Å²) in [6, 6.07) is 22.4. The molecular formula is C32H30N4O4S. The summed E-state index contributed by atoms with van der Waals surface area (Å²) in [5.74, 6) is 1.94. The number of nitrogens with zero attached hydrogens (tertiary/aromatic N) is 3. The van der Waals surface area contributed by atoms with Gasteiger partial charge in [0.05, 0.1) is 22.4 Å². The average molecular weight is 567 g/mol. The van der Waals surface area contributed by atoms with Crippen LogP contribution in [0.3, 0.4) is 0 Å². The SMILES string of the molecule is Cc1ccc(-n2nc(-c3ccccc3)c3c2N(CC(=O)NC2CC2)C(=O)CSC3c2ccc3c(c2)OCO3)c(C)c1. The number of carbonyl (C=O) groups is 2. The fourth-order valence-corrected chi connectivity index (χ4v) is 6.71. The Balaban J connectivity index is 1.47. The summed E-state index contributed by atoms with van der Waals surface area (Å²) in [6.45, 7) is 4.22.